The highest BCUT2D eigenvalue weighted by molar-refractivity contribution is 5.85. The van der Waals surface area contributed by atoms with Gasteiger partial charge in [-0.2, -0.15) is 0 Å². The SMILES string of the molecule is Cn1c(N2CCCCC2)nc2c(NC3CC4CCC3C4)ncnc21. The summed E-state index contributed by atoms with van der Waals surface area (Å²) < 4.78 is 2.13. The molecule has 0 radical (unpaired) electrons. The van der Waals surface area contributed by atoms with Crippen LogP contribution >= 0.6 is 0 Å². The molecule has 1 saturated heterocycles. The smallest absolute Gasteiger partial charge is 0.207 e. The first-order valence-electron chi connectivity index (χ1n) is 9.48. The van der Waals surface area contributed by atoms with Gasteiger partial charge < -0.3 is 10.2 Å². The molecule has 2 aromatic heterocycles. The first-order valence-corrected chi connectivity index (χ1v) is 9.48. The molecular weight excluding hydrogens is 300 g/mol. The second kappa shape index (κ2) is 5.60. The minimum atomic E-state index is 0.572. The Morgan fingerprint density at radius 3 is 2.71 bits per heavy atom. The Morgan fingerprint density at radius 2 is 1.96 bits per heavy atom. The normalized spacial score (nSPS) is 29.5. The maximum absolute atomic E-state index is 4.94. The van der Waals surface area contributed by atoms with Gasteiger partial charge in [-0.05, 0) is 50.4 Å². The van der Waals surface area contributed by atoms with Crippen LogP contribution in [0.15, 0.2) is 6.33 Å². The molecule has 3 atom stereocenters. The predicted molar refractivity (Wildman–Crippen MR) is 95.2 cm³/mol. The molecule has 2 aliphatic carbocycles. The molecule has 3 unspecified atom stereocenters. The van der Waals surface area contributed by atoms with E-state index >= 15 is 0 Å². The predicted octanol–water partition coefficient (Wildman–Crippen LogP) is 2.95. The minimum Gasteiger partial charge on any atom is -0.365 e. The number of hydrogen-bond donors (Lipinski definition) is 1. The molecule has 0 aromatic carbocycles. The van der Waals surface area contributed by atoms with E-state index in [0.717, 1.165) is 47.9 Å². The van der Waals surface area contributed by atoms with Crippen LogP contribution < -0.4 is 10.2 Å². The Morgan fingerprint density at radius 1 is 1.08 bits per heavy atom. The molecule has 3 heterocycles. The van der Waals surface area contributed by atoms with Crippen molar-refractivity contribution in [3.05, 3.63) is 6.33 Å². The molecule has 2 bridgehead atoms. The van der Waals surface area contributed by atoms with Crippen molar-refractivity contribution in [2.45, 2.75) is 51.0 Å². The number of anilines is 2. The van der Waals surface area contributed by atoms with Crippen LogP contribution in [-0.4, -0.2) is 38.7 Å². The van der Waals surface area contributed by atoms with Crippen LogP contribution in [0.4, 0.5) is 11.8 Å². The van der Waals surface area contributed by atoms with Gasteiger partial charge in [-0.25, -0.2) is 15.0 Å². The van der Waals surface area contributed by atoms with Gasteiger partial charge in [0.15, 0.2) is 17.0 Å². The van der Waals surface area contributed by atoms with Gasteiger partial charge in [-0.15, -0.1) is 0 Å². The molecule has 2 saturated carbocycles. The Kier molecular flexibility index (Phi) is 3.38. The third kappa shape index (κ3) is 2.26. The molecule has 128 valence electrons. The fourth-order valence-electron chi connectivity index (χ4n) is 5.07. The van der Waals surface area contributed by atoms with Gasteiger partial charge in [-0.1, -0.05) is 6.42 Å². The molecule has 1 N–H and O–H groups in total. The number of imidazole rings is 1. The first-order chi connectivity index (χ1) is 11.8. The zero-order valence-corrected chi connectivity index (χ0v) is 14.4. The number of hydrogen-bond acceptors (Lipinski definition) is 5. The largest absolute Gasteiger partial charge is 0.365 e. The average Bonchev–Trinajstić information content (AvgIpc) is 3.31. The molecule has 6 nitrogen and oxygen atoms in total. The molecule has 6 heteroatoms. The van der Waals surface area contributed by atoms with Gasteiger partial charge >= 0.3 is 0 Å². The topological polar surface area (TPSA) is 58.9 Å². The molecule has 24 heavy (non-hydrogen) atoms. The van der Waals surface area contributed by atoms with E-state index in [2.05, 4.69) is 31.8 Å². The second-order valence-corrected chi connectivity index (χ2v) is 7.84. The molecule has 0 amide bonds. The number of nitrogens with zero attached hydrogens (tertiary/aromatic N) is 5. The van der Waals surface area contributed by atoms with Crippen LogP contribution in [0.25, 0.3) is 11.2 Å². The monoisotopic (exact) mass is 326 g/mol. The van der Waals surface area contributed by atoms with Crippen molar-refractivity contribution in [1.29, 1.82) is 0 Å². The summed E-state index contributed by atoms with van der Waals surface area (Å²) in [6, 6.07) is 0.572. The van der Waals surface area contributed by atoms with Gasteiger partial charge in [0.25, 0.3) is 0 Å². The number of piperidine rings is 1. The van der Waals surface area contributed by atoms with Crippen molar-refractivity contribution in [1.82, 2.24) is 19.5 Å². The minimum absolute atomic E-state index is 0.572. The van der Waals surface area contributed by atoms with Crippen molar-refractivity contribution in [2.24, 2.45) is 18.9 Å². The summed E-state index contributed by atoms with van der Waals surface area (Å²) in [6.45, 7) is 2.19. The first kappa shape index (κ1) is 14.5. The van der Waals surface area contributed by atoms with Gasteiger partial charge in [0, 0.05) is 26.2 Å². The summed E-state index contributed by atoms with van der Waals surface area (Å²) in [4.78, 5) is 16.4. The third-order valence-corrected chi connectivity index (χ3v) is 6.33. The lowest BCUT2D eigenvalue weighted by Crippen LogP contribution is -2.31. The van der Waals surface area contributed by atoms with Gasteiger partial charge in [-0.3, -0.25) is 4.57 Å². The summed E-state index contributed by atoms with van der Waals surface area (Å²) in [5.41, 5.74) is 1.87. The fourth-order valence-corrected chi connectivity index (χ4v) is 5.07. The summed E-state index contributed by atoms with van der Waals surface area (Å²) in [7, 11) is 2.08. The lowest BCUT2D eigenvalue weighted by molar-refractivity contribution is 0.439. The highest BCUT2D eigenvalue weighted by atomic mass is 15.3. The number of nitrogens with one attached hydrogen (secondary N) is 1. The van der Waals surface area contributed by atoms with Gasteiger partial charge in [0.2, 0.25) is 5.95 Å². The summed E-state index contributed by atoms with van der Waals surface area (Å²) in [6.07, 6.45) is 11.0. The number of rotatable bonds is 3. The highest BCUT2D eigenvalue weighted by Gasteiger charge is 2.39. The summed E-state index contributed by atoms with van der Waals surface area (Å²) >= 11 is 0. The maximum atomic E-state index is 4.94. The zero-order chi connectivity index (χ0) is 16.1. The molecule has 1 aliphatic heterocycles. The van der Waals surface area contributed by atoms with Crippen LogP contribution in [0.1, 0.15) is 44.9 Å². The van der Waals surface area contributed by atoms with E-state index in [1.165, 1.54) is 44.9 Å². The lowest BCUT2D eigenvalue weighted by Gasteiger charge is -2.27. The van der Waals surface area contributed by atoms with E-state index in [1.54, 1.807) is 6.33 Å². The Labute approximate surface area is 142 Å². The van der Waals surface area contributed by atoms with Crippen LogP contribution in [0, 0.1) is 11.8 Å². The van der Waals surface area contributed by atoms with Crippen molar-refractivity contribution in [3.8, 4) is 0 Å². The van der Waals surface area contributed by atoms with Crippen LogP contribution in [0.3, 0.4) is 0 Å². The number of aryl methyl sites for hydroxylation is 1. The molecular formula is C18H26N6. The number of aromatic nitrogens is 4. The molecule has 3 aliphatic rings. The molecule has 2 aromatic rings. The van der Waals surface area contributed by atoms with Gasteiger partial charge in [0.05, 0.1) is 0 Å². The Bertz CT molecular complexity index is 747. The third-order valence-electron chi connectivity index (χ3n) is 6.33. The van der Waals surface area contributed by atoms with E-state index in [4.69, 9.17) is 4.98 Å². The van der Waals surface area contributed by atoms with E-state index < -0.39 is 0 Å². The second-order valence-electron chi connectivity index (χ2n) is 7.84. The van der Waals surface area contributed by atoms with Crippen LogP contribution in [0.2, 0.25) is 0 Å². The average molecular weight is 326 g/mol. The maximum Gasteiger partial charge on any atom is 0.207 e. The Hall–Kier alpha value is -1.85. The Balaban J connectivity index is 1.48. The van der Waals surface area contributed by atoms with Crippen molar-refractivity contribution in [2.75, 3.05) is 23.3 Å². The highest BCUT2D eigenvalue weighted by Crippen LogP contribution is 2.45. The van der Waals surface area contributed by atoms with E-state index in [-0.39, 0.29) is 0 Å². The van der Waals surface area contributed by atoms with Crippen LogP contribution in [0.5, 0.6) is 0 Å². The van der Waals surface area contributed by atoms with Crippen molar-refractivity contribution in [3.63, 3.8) is 0 Å². The molecule has 0 spiro atoms. The van der Waals surface area contributed by atoms with Gasteiger partial charge in [0.1, 0.15) is 6.33 Å². The fraction of sp³-hybridized carbons (Fsp3) is 0.722. The lowest BCUT2D eigenvalue weighted by atomic mass is 9.95. The van der Waals surface area contributed by atoms with Crippen molar-refractivity contribution < 1.29 is 0 Å². The summed E-state index contributed by atoms with van der Waals surface area (Å²) in [5.74, 6) is 3.72. The van der Waals surface area contributed by atoms with E-state index in [9.17, 15) is 0 Å². The van der Waals surface area contributed by atoms with E-state index in [1.807, 2.05) is 0 Å². The molecule has 5 rings (SSSR count). The number of fused-ring (bicyclic) bond motifs is 3. The van der Waals surface area contributed by atoms with Crippen LogP contribution in [-0.2, 0) is 7.05 Å². The molecule has 3 fully saturated rings. The van der Waals surface area contributed by atoms with Crippen molar-refractivity contribution >= 4 is 22.9 Å². The summed E-state index contributed by atoms with van der Waals surface area (Å²) in [5, 5.41) is 3.71. The zero-order valence-electron chi connectivity index (χ0n) is 14.4. The quantitative estimate of drug-likeness (QED) is 0.940. The standard InChI is InChI=1S/C18H26N6/c1-23-17-15(22-18(23)24-7-3-2-4-8-24)16(19-11-20-17)21-14-10-12-5-6-13(14)9-12/h11-14H,2-10H2,1H3,(H,19,20,21). The van der Waals surface area contributed by atoms with E-state index in [0.29, 0.717) is 6.04 Å².